The number of hydrogen-bond acceptors (Lipinski definition) is 4. The fourth-order valence-corrected chi connectivity index (χ4v) is 4.01. The summed E-state index contributed by atoms with van der Waals surface area (Å²) in [6.07, 6.45) is 1.41. The molecule has 2 saturated heterocycles. The third kappa shape index (κ3) is 5.45. The molecular weight excluding hydrogens is 408 g/mol. The number of nitrogens with one attached hydrogen (secondary N) is 2. The molecule has 0 bridgehead atoms. The lowest BCUT2D eigenvalue weighted by Gasteiger charge is -2.27. The van der Waals surface area contributed by atoms with Crippen LogP contribution >= 0.6 is 0 Å². The molecule has 2 aromatic carbocycles. The first-order valence-corrected chi connectivity index (χ1v) is 11.0. The van der Waals surface area contributed by atoms with Crippen LogP contribution in [-0.4, -0.2) is 67.0 Å². The van der Waals surface area contributed by atoms with Crippen LogP contribution < -0.4 is 10.6 Å². The number of carbonyl (C=O) groups is 3. The summed E-state index contributed by atoms with van der Waals surface area (Å²) in [6, 6.07) is 15.8. The van der Waals surface area contributed by atoms with Gasteiger partial charge in [0.15, 0.2) is 0 Å². The fourth-order valence-electron chi connectivity index (χ4n) is 4.01. The predicted molar refractivity (Wildman–Crippen MR) is 120 cm³/mol. The van der Waals surface area contributed by atoms with Crippen LogP contribution in [0.3, 0.4) is 0 Å². The second-order valence-corrected chi connectivity index (χ2v) is 7.99. The highest BCUT2D eigenvalue weighted by molar-refractivity contribution is 5.95. The van der Waals surface area contributed by atoms with Gasteiger partial charge < -0.3 is 25.2 Å². The molecule has 0 radical (unpaired) electrons. The van der Waals surface area contributed by atoms with Gasteiger partial charge in [-0.1, -0.05) is 30.3 Å². The van der Waals surface area contributed by atoms with E-state index in [2.05, 4.69) is 10.6 Å². The normalized spacial score (nSPS) is 17.2. The number of ether oxygens (including phenoxy) is 1. The minimum Gasteiger partial charge on any atom is -0.378 e. The first-order valence-electron chi connectivity index (χ1n) is 11.0. The molecule has 2 heterocycles. The van der Waals surface area contributed by atoms with Gasteiger partial charge in [-0.25, -0.2) is 4.79 Å². The van der Waals surface area contributed by atoms with Gasteiger partial charge in [-0.05, 0) is 36.2 Å². The minimum atomic E-state index is -0.363. The third-order valence-corrected chi connectivity index (χ3v) is 5.77. The number of nitrogens with zero attached hydrogens (tertiary/aromatic N) is 2. The van der Waals surface area contributed by atoms with Crippen LogP contribution in [0.4, 0.5) is 10.5 Å². The Morgan fingerprint density at radius 2 is 1.69 bits per heavy atom. The van der Waals surface area contributed by atoms with Gasteiger partial charge in [0, 0.05) is 43.9 Å². The van der Waals surface area contributed by atoms with Crippen molar-refractivity contribution in [1.29, 1.82) is 0 Å². The van der Waals surface area contributed by atoms with Crippen molar-refractivity contribution in [3.05, 3.63) is 65.7 Å². The number of amides is 4. The van der Waals surface area contributed by atoms with Crippen molar-refractivity contribution in [2.24, 2.45) is 0 Å². The Labute approximate surface area is 187 Å². The van der Waals surface area contributed by atoms with Crippen LogP contribution in [0.2, 0.25) is 0 Å². The van der Waals surface area contributed by atoms with E-state index in [9.17, 15) is 14.4 Å². The quantitative estimate of drug-likeness (QED) is 0.728. The van der Waals surface area contributed by atoms with E-state index in [4.69, 9.17) is 4.74 Å². The largest absolute Gasteiger partial charge is 0.378 e. The smallest absolute Gasteiger partial charge is 0.319 e. The number of carbonyl (C=O) groups excluding carboxylic acids is 3. The third-order valence-electron chi connectivity index (χ3n) is 5.77. The Balaban J connectivity index is 1.38. The van der Waals surface area contributed by atoms with Crippen molar-refractivity contribution in [3.63, 3.8) is 0 Å². The van der Waals surface area contributed by atoms with Gasteiger partial charge in [0.2, 0.25) is 5.91 Å². The summed E-state index contributed by atoms with van der Waals surface area (Å²) in [7, 11) is 0. The molecule has 2 aliphatic rings. The van der Waals surface area contributed by atoms with Crippen LogP contribution in [0.5, 0.6) is 0 Å². The maximum absolute atomic E-state index is 12.7. The van der Waals surface area contributed by atoms with E-state index in [0.717, 1.165) is 12.0 Å². The van der Waals surface area contributed by atoms with Gasteiger partial charge in [-0.2, -0.15) is 0 Å². The average Bonchev–Trinajstić information content (AvgIpc) is 3.24. The van der Waals surface area contributed by atoms with Gasteiger partial charge in [-0.3, -0.25) is 9.59 Å². The average molecular weight is 437 g/mol. The number of hydrogen-bond donors (Lipinski definition) is 2. The van der Waals surface area contributed by atoms with E-state index in [1.54, 1.807) is 34.1 Å². The molecule has 0 unspecified atom stereocenters. The molecule has 4 rings (SSSR count). The number of morpholine rings is 1. The lowest BCUT2D eigenvalue weighted by Crippen LogP contribution is -2.40. The van der Waals surface area contributed by atoms with Gasteiger partial charge in [-0.15, -0.1) is 0 Å². The van der Waals surface area contributed by atoms with Gasteiger partial charge in [0.1, 0.15) is 0 Å². The molecule has 2 N–H and O–H groups in total. The summed E-state index contributed by atoms with van der Waals surface area (Å²) >= 11 is 0. The highest BCUT2D eigenvalue weighted by Gasteiger charge is 2.25. The van der Waals surface area contributed by atoms with Crippen molar-refractivity contribution >= 4 is 23.5 Å². The maximum atomic E-state index is 12.7. The van der Waals surface area contributed by atoms with E-state index in [1.807, 2.05) is 30.3 Å². The fraction of sp³-hybridized carbons (Fsp3) is 0.375. The second-order valence-electron chi connectivity index (χ2n) is 7.99. The highest BCUT2D eigenvalue weighted by atomic mass is 16.5. The molecule has 168 valence electrons. The van der Waals surface area contributed by atoms with E-state index in [1.165, 1.54) is 0 Å². The number of rotatable bonds is 6. The summed E-state index contributed by atoms with van der Waals surface area (Å²) in [5.74, 6) is 0.0809. The number of benzene rings is 2. The summed E-state index contributed by atoms with van der Waals surface area (Å²) in [5, 5.41) is 5.81. The molecule has 32 heavy (non-hydrogen) atoms. The number of likely N-dealkylation sites (tertiary alicyclic amines) is 1. The molecule has 4 amide bonds. The van der Waals surface area contributed by atoms with E-state index < -0.39 is 0 Å². The zero-order chi connectivity index (χ0) is 22.3. The minimum absolute atomic E-state index is 0.0382. The molecule has 0 aliphatic carbocycles. The molecule has 2 fully saturated rings. The highest BCUT2D eigenvalue weighted by Crippen LogP contribution is 2.19. The van der Waals surface area contributed by atoms with Crippen LogP contribution in [0.25, 0.3) is 0 Å². The molecular formula is C24H28N4O4. The molecule has 1 atom stereocenters. The van der Waals surface area contributed by atoms with Crippen molar-refractivity contribution in [1.82, 2.24) is 15.1 Å². The van der Waals surface area contributed by atoms with Crippen molar-refractivity contribution in [2.75, 3.05) is 44.7 Å². The second kappa shape index (κ2) is 10.3. The van der Waals surface area contributed by atoms with E-state index in [-0.39, 0.29) is 23.9 Å². The van der Waals surface area contributed by atoms with E-state index in [0.29, 0.717) is 57.1 Å². The summed E-state index contributed by atoms with van der Waals surface area (Å²) < 4.78 is 5.29. The first kappa shape index (κ1) is 21.8. The Morgan fingerprint density at radius 3 is 2.34 bits per heavy atom. The van der Waals surface area contributed by atoms with Crippen LogP contribution in [0.1, 0.15) is 34.8 Å². The molecule has 8 heteroatoms. The Morgan fingerprint density at radius 1 is 0.969 bits per heavy atom. The lowest BCUT2D eigenvalue weighted by atomic mass is 10.1. The molecule has 2 aliphatic heterocycles. The first-order chi connectivity index (χ1) is 15.6. The predicted octanol–water partition coefficient (Wildman–Crippen LogP) is 2.64. The summed E-state index contributed by atoms with van der Waals surface area (Å²) in [5.41, 5.74) is 2.10. The van der Waals surface area contributed by atoms with Crippen LogP contribution in [-0.2, 0) is 9.53 Å². The van der Waals surface area contributed by atoms with E-state index >= 15 is 0 Å². The zero-order valence-corrected chi connectivity index (χ0v) is 18.0. The summed E-state index contributed by atoms with van der Waals surface area (Å²) in [4.78, 5) is 40.9. The molecule has 0 aromatic heterocycles. The van der Waals surface area contributed by atoms with Crippen LogP contribution in [0.15, 0.2) is 54.6 Å². The molecule has 0 saturated carbocycles. The van der Waals surface area contributed by atoms with Gasteiger partial charge in [0.05, 0.1) is 19.3 Å². The zero-order valence-electron chi connectivity index (χ0n) is 18.0. The molecule has 2 aromatic rings. The van der Waals surface area contributed by atoms with Crippen molar-refractivity contribution < 1.29 is 19.1 Å². The van der Waals surface area contributed by atoms with Gasteiger partial charge >= 0.3 is 6.03 Å². The summed E-state index contributed by atoms with van der Waals surface area (Å²) in [6.45, 7) is 3.42. The number of urea groups is 1. The molecule has 8 nitrogen and oxygen atoms in total. The Bertz CT molecular complexity index is 942. The van der Waals surface area contributed by atoms with Gasteiger partial charge in [0.25, 0.3) is 5.91 Å². The standard InChI is InChI=1S/C24H28N4O4/c29-22-7-4-12-28(22)17-21(18-5-2-1-3-6-18)26-24(31)25-20-10-8-19(9-11-20)23(30)27-13-15-32-16-14-27/h1-3,5-6,8-11,21H,4,7,12-17H2,(H2,25,26,31)/t21-/m1/s1. The SMILES string of the molecule is O=C(Nc1ccc(C(=O)N2CCOCC2)cc1)N[C@H](CN1CCCC1=O)c1ccccc1. The van der Waals surface area contributed by atoms with Crippen molar-refractivity contribution in [3.8, 4) is 0 Å². The maximum Gasteiger partial charge on any atom is 0.319 e. The lowest BCUT2D eigenvalue weighted by molar-refractivity contribution is -0.128. The molecule has 0 spiro atoms. The topological polar surface area (TPSA) is 91.0 Å². The Kier molecular flexibility index (Phi) is 7.01. The van der Waals surface area contributed by atoms with Crippen LogP contribution in [0, 0.1) is 0 Å². The Hall–Kier alpha value is -3.39. The number of anilines is 1. The van der Waals surface area contributed by atoms with Crippen molar-refractivity contribution in [2.45, 2.75) is 18.9 Å². The monoisotopic (exact) mass is 436 g/mol.